The van der Waals surface area contributed by atoms with Crippen LogP contribution in [0.5, 0.6) is 0 Å². The summed E-state index contributed by atoms with van der Waals surface area (Å²) in [5.41, 5.74) is 0.805. The molecule has 1 saturated carbocycles. The first-order chi connectivity index (χ1) is 10.2. The molecule has 112 valence electrons. The van der Waals surface area contributed by atoms with E-state index >= 15 is 0 Å². The standard InChI is InChI=1S/C17H22N2O2/c20-15-17(11-5-6-12-17)19(16(21)18-15)13-7-4-10-14-8-2-1-3-9-14/h1-3,8-9H,4-7,10-13H2,(H,18,20,21). The van der Waals surface area contributed by atoms with E-state index in [1.54, 1.807) is 4.90 Å². The molecule has 0 radical (unpaired) electrons. The zero-order chi connectivity index (χ0) is 14.7. The highest BCUT2D eigenvalue weighted by atomic mass is 16.2. The normalized spacial score (nSPS) is 20.3. The molecule has 3 rings (SSSR count). The van der Waals surface area contributed by atoms with Crippen LogP contribution in [0.1, 0.15) is 44.1 Å². The molecule has 0 unspecified atom stereocenters. The van der Waals surface area contributed by atoms with Crippen LogP contribution < -0.4 is 5.32 Å². The van der Waals surface area contributed by atoms with Crippen LogP contribution in [0.2, 0.25) is 0 Å². The number of aryl methyl sites for hydroxylation is 1. The Hall–Kier alpha value is -1.84. The van der Waals surface area contributed by atoms with E-state index in [-0.39, 0.29) is 11.9 Å². The number of benzene rings is 1. The summed E-state index contributed by atoms with van der Waals surface area (Å²) in [7, 11) is 0. The van der Waals surface area contributed by atoms with Gasteiger partial charge in [0.05, 0.1) is 0 Å². The minimum Gasteiger partial charge on any atom is -0.310 e. The first-order valence-corrected chi connectivity index (χ1v) is 7.89. The third-order valence-corrected chi connectivity index (χ3v) is 4.78. The molecule has 0 atom stereocenters. The number of nitrogens with zero attached hydrogens (tertiary/aromatic N) is 1. The monoisotopic (exact) mass is 286 g/mol. The van der Waals surface area contributed by atoms with Gasteiger partial charge >= 0.3 is 6.03 Å². The van der Waals surface area contributed by atoms with Gasteiger partial charge in [-0.1, -0.05) is 43.2 Å². The number of urea groups is 1. The second-order valence-corrected chi connectivity index (χ2v) is 6.09. The Morgan fingerprint density at radius 2 is 1.76 bits per heavy atom. The third-order valence-electron chi connectivity index (χ3n) is 4.78. The van der Waals surface area contributed by atoms with Crippen LogP contribution in [-0.4, -0.2) is 28.9 Å². The van der Waals surface area contributed by atoms with Gasteiger partial charge in [-0.3, -0.25) is 10.1 Å². The zero-order valence-corrected chi connectivity index (χ0v) is 12.3. The van der Waals surface area contributed by atoms with E-state index in [0.717, 1.165) is 44.9 Å². The number of rotatable bonds is 5. The maximum atomic E-state index is 12.1. The average Bonchev–Trinajstić information content (AvgIpc) is 3.06. The van der Waals surface area contributed by atoms with Crippen LogP contribution in [-0.2, 0) is 11.2 Å². The fraction of sp³-hybridized carbons (Fsp3) is 0.529. The number of hydrogen-bond acceptors (Lipinski definition) is 2. The minimum atomic E-state index is -0.524. The molecular formula is C17H22N2O2. The molecule has 4 nitrogen and oxygen atoms in total. The number of amides is 3. The molecule has 2 fully saturated rings. The van der Waals surface area contributed by atoms with Gasteiger partial charge in [0.1, 0.15) is 5.54 Å². The molecule has 1 N–H and O–H groups in total. The van der Waals surface area contributed by atoms with Crippen molar-refractivity contribution in [2.75, 3.05) is 6.54 Å². The summed E-state index contributed by atoms with van der Waals surface area (Å²) in [4.78, 5) is 25.9. The van der Waals surface area contributed by atoms with Crippen LogP contribution in [0.15, 0.2) is 30.3 Å². The molecule has 2 aliphatic rings. The highest BCUT2D eigenvalue weighted by Gasteiger charge is 2.53. The van der Waals surface area contributed by atoms with E-state index in [4.69, 9.17) is 0 Å². The summed E-state index contributed by atoms with van der Waals surface area (Å²) >= 11 is 0. The second kappa shape index (κ2) is 5.88. The predicted molar refractivity (Wildman–Crippen MR) is 80.8 cm³/mol. The summed E-state index contributed by atoms with van der Waals surface area (Å²) in [6, 6.07) is 10.2. The quantitative estimate of drug-likeness (QED) is 0.668. The lowest BCUT2D eigenvalue weighted by atomic mass is 9.95. The average molecular weight is 286 g/mol. The number of carbonyl (C=O) groups excluding carboxylic acids is 2. The van der Waals surface area contributed by atoms with Crippen LogP contribution in [0.4, 0.5) is 4.79 Å². The Bertz CT molecular complexity index is 521. The molecule has 1 saturated heterocycles. The molecule has 4 heteroatoms. The van der Waals surface area contributed by atoms with Crippen molar-refractivity contribution in [3.05, 3.63) is 35.9 Å². The number of nitrogens with one attached hydrogen (secondary N) is 1. The molecular weight excluding hydrogens is 264 g/mol. The molecule has 21 heavy (non-hydrogen) atoms. The Morgan fingerprint density at radius 1 is 1.05 bits per heavy atom. The summed E-state index contributed by atoms with van der Waals surface area (Å²) in [6.07, 6.45) is 6.74. The van der Waals surface area contributed by atoms with Crippen molar-refractivity contribution in [2.45, 2.75) is 50.5 Å². The molecule has 0 bridgehead atoms. The van der Waals surface area contributed by atoms with Crippen molar-refractivity contribution in [3.63, 3.8) is 0 Å². The molecule has 1 aliphatic carbocycles. The third kappa shape index (κ3) is 2.67. The lowest BCUT2D eigenvalue weighted by molar-refractivity contribution is -0.126. The topological polar surface area (TPSA) is 49.4 Å². The van der Waals surface area contributed by atoms with Gasteiger partial charge in [0.2, 0.25) is 0 Å². The highest BCUT2D eigenvalue weighted by Crippen LogP contribution is 2.38. The van der Waals surface area contributed by atoms with Gasteiger partial charge in [-0.25, -0.2) is 4.79 Å². The van der Waals surface area contributed by atoms with Crippen molar-refractivity contribution in [2.24, 2.45) is 0 Å². The molecule has 1 aromatic carbocycles. The smallest absolute Gasteiger partial charge is 0.310 e. The van der Waals surface area contributed by atoms with Gasteiger partial charge in [0.25, 0.3) is 5.91 Å². The molecule has 3 amide bonds. The maximum Gasteiger partial charge on any atom is 0.325 e. The van der Waals surface area contributed by atoms with E-state index in [9.17, 15) is 9.59 Å². The Kier molecular flexibility index (Phi) is 3.95. The molecule has 0 aromatic heterocycles. The number of unbranched alkanes of at least 4 members (excludes halogenated alkanes) is 1. The molecule has 1 heterocycles. The number of hydrogen-bond donors (Lipinski definition) is 1. The van der Waals surface area contributed by atoms with E-state index in [1.165, 1.54) is 5.56 Å². The van der Waals surface area contributed by atoms with Crippen LogP contribution in [0, 0.1) is 0 Å². The van der Waals surface area contributed by atoms with Crippen molar-refractivity contribution < 1.29 is 9.59 Å². The summed E-state index contributed by atoms with van der Waals surface area (Å²) < 4.78 is 0. The van der Waals surface area contributed by atoms with Crippen LogP contribution in [0.25, 0.3) is 0 Å². The number of carbonyl (C=O) groups is 2. The van der Waals surface area contributed by atoms with Crippen LogP contribution in [0.3, 0.4) is 0 Å². The first kappa shape index (κ1) is 14.1. The minimum absolute atomic E-state index is 0.0759. The van der Waals surface area contributed by atoms with Gasteiger partial charge in [-0.15, -0.1) is 0 Å². The van der Waals surface area contributed by atoms with E-state index in [1.807, 2.05) is 6.07 Å². The Labute approximate surface area is 125 Å². The van der Waals surface area contributed by atoms with Gasteiger partial charge in [0, 0.05) is 6.54 Å². The van der Waals surface area contributed by atoms with Gasteiger partial charge in [0.15, 0.2) is 0 Å². The Morgan fingerprint density at radius 3 is 2.48 bits per heavy atom. The summed E-state index contributed by atoms with van der Waals surface area (Å²) in [5.74, 6) is -0.0759. The maximum absolute atomic E-state index is 12.1. The van der Waals surface area contributed by atoms with E-state index in [2.05, 4.69) is 29.6 Å². The molecule has 1 aromatic rings. The van der Waals surface area contributed by atoms with Crippen molar-refractivity contribution >= 4 is 11.9 Å². The van der Waals surface area contributed by atoms with Crippen molar-refractivity contribution in [3.8, 4) is 0 Å². The Balaban J connectivity index is 1.54. The lowest BCUT2D eigenvalue weighted by Crippen LogP contribution is -2.47. The summed E-state index contributed by atoms with van der Waals surface area (Å²) in [5, 5.41) is 2.51. The van der Waals surface area contributed by atoms with Crippen molar-refractivity contribution in [1.82, 2.24) is 10.2 Å². The second-order valence-electron chi connectivity index (χ2n) is 6.09. The van der Waals surface area contributed by atoms with E-state index < -0.39 is 5.54 Å². The SMILES string of the molecule is O=C1NC(=O)C2(CCCC2)N1CCCCc1ccccc1. The number of imide groups is 1. The van der Waals surface area contributed by atoms with Gasteiger partial charge in [-0.05, 0) is 37.7 Å². The predicted octanol–water partition coefficient (Wildman–Crippen LogP) is 2.87. The largest absolute Gasteiger partial charge is 0.325 e. The fourth-order valence-corrected chi connectivity index (χ4v) is 3.61. The van der Waals surface area contributed by atoms with Crippen LogP contribution >= 0.6 is 0 Å². The van der Waals surface area contributed by atoms with Crippen molar-refractivity contribution in [1.29, 1.82) is 0 Å². The van der Waals surface area contributed by atoms with E-state index in [0.29, 0.717) is 6.54 Å². The fourth-order valence-electron chi connectivity index (χ4n) is 3.61. The summed E-state index contributed by atoms with van der Waals surface area (Å²) in [6.45, 7) is 0.685. The van der Waals surface area contributed by atoms with Gasteiger partial charge < -0.3 is 4.90 Å². The molecule has 1 aliphatic heterocycles. The van der Waals surface area contributed by atoms with Gasteiger partial charge in [-0.2, -0.15) is 0 Å². The molecule has 1 spiro atoms. The highest BCUT2D eigenvalue weighted by molar-refractivity contribution is 6.07. The lowest BCUT2D eigenvalue weighted by Gasteiger charge is -2.31. The zero-order valence-electron chi connectivity index (χ0n) is 12.3. The first-order valence-electron chi connectivity index (χ1n) is 7.89.